The van der Waals surface area contributed by atoms with Gasteiger partial charge in [-0.25, -0.2) is 0 Å². The van der Waals surface area contributed by atoms with Gasteiger partial charge >= 0.3 is 0 Å². The Balaban J connectivity index is 0. The van der Waals surface area contributed by atoms with Crippen molar-refractivity contribution in [3.05, 3.63) is 12.7 Å². The second-order valence-electron chi connectivity index (χ2n) is 4.28. The summed E-state index contributed by atoms with van der Waals surface area (Å²) in [6.45, 7) is 16.4. The molecule has 15 heavy (non-hydrogen) atoms. The maximum atomic E-state index is 4.98. The zero-order valence-corrected chi connectivity index (χ0v) is 11.4. The molecule has 0 aromatic carbocycles. The van der Waals surface area contributed by atoms with Crippen LogP contribution in [-0.4, -0.2) is 13.2 Å². The van der Waals surface area contributed by atoms with Crippen molar-refractivity contribution in [3.63, 3.8) is 0 Å². The molecule has 0 aliphatic carbocycles. The van der Waals surface area contributed by atoms with Crippen LogP contribution in [-0.2, 0) is 4.74 Å². The highest BCUT2D eigenvalue weighted by Gasteiger charge is 2.03. The fourth-order valence-corrected chi connectivity index (χ4v) is 1.00. The minimum Gasteiger partial charge on any atom is -0.382 e. The van der Waals surface area contributed by atoms with Crippen LogP contribution in [0.1, 0.15) is 53.9 Å². The summed E-state index contributed by atoms with van der Waals surface area (Å²) in [5.74, 6) is 1.67. The van der Waals surface area contributed by atoms with Crippen LogP contribution >= 0.6 is 0 Å². The zero-order chi connectivity index (χ0) is 12.1. The van der Waals surface area contributed by atoms with Crippen LogP contribution in [0.25, 0.3) is 0 Å². The van der Waals surface area contributed by atoms with Crippen molar-refractivity contribution in [1.29, 1.82) is 0 Å². The van der Waals surface area contributed by atoms with E-state index in [1.165, 1.54) is 12.8 Å². The second kappa shape index (κ2) is 13.7. The molecule has 0 aromatic rings. The Morgan fingerprint density at radius 2 is 1.80 bits per heavy atom. The van der Waals surface area contributed by atoms with Gasteiger partial charge in [-0.15, -0.1) is 6.58 Å². The molecular formula is C14H30O. The molecule has 1 atom stereocenters. The molecular weight excluding hydrogens is 184 g/mol. The number of allylic oxidation sites excluding steroid dienone is 1. The standard InChI is InChI=1S/C9H18.C5H12O/c1-5-6-7-9(4)8(2)3;1-3-5-6-4-2/h5,8-9H,1,6-7H2,2-4H3;3-5H2,1-2H3. The lowest BCUT2D eigenvalue weighted by atomic mass is 9.93. The SMILES string of the molecule is C=CCCC(C)C(C)C.CCCOCC. The maximum absolute atomic E-state index is 4.98. The van der Waals surface area contributed by atoms with E-state index in [1.807, 2.05) is 13.0 Å². The fourth-order valence-electron chi connectivity index (χ4n) is 1.00. The Kier molecular flexibility index (Phi) is 15.6. The molecule has 0 saturated heterocycles. The quantitative estimate of drug-likeness (QED) is 0.442. The summed E-state index contributed by atoms with van der Waals surface area (Å²) in [5, 5.41) is 0. The Hall–Kier alpha value is -0.300. The van der Waals surface area contributed by atoms with Crippen molar-refractivity contribution in [1.82, 2.24) is 0 Å². The summed E-state index contributed by atoms with van der Waals surface area (Å²) in [6.07, 6.45) is 5.59. The van der Waals surface area contributed by atoms with Crippen LogP contribution in [0.3, 0.4) is 0 Å². The molecule has 1 nitrogen and oxygen atoms in total. The van der Waals surface area contributed by atoms with Gasteiger partial charge in [0.2, 0.25) is 0 Å². The van der Waals surface area contributed by atoms with Crippen molar-refractivity contribution >= 4 is 0 Å². The molecule has 0 aromatic heterocycles. The first-order valence-electron chi connectivity index (χ1n) is 6.28. The number of rotatable bonds is 7. The topological polar surface area (TPSA) is 9.23 Å². The highest BCUT2D eigenvalue weighted by atomic mass is 16.5. The normalized spacial score (nSPS) is 11.9. The van der Waals surface area contributed by atoms with Crippen LogP contribution < -0.4 is 0 Å². The van der Waals surface area contributed by atoms with Gasteiger partial charge in [0.1, 0.15) is 0 Å². The lowest BCUT2D eigenvalue weighted by Crippen LogP contribution is -2.02. The Morgan fingerprint density at radius 1 is 1.20 bits per heavy atom. The highest BCUT2D eigenvalue weighted by Crippen LogP contribution is 2.15. The summed E-state index contributed by atoms with van der Waals surface area (Å²) < 4.78 is 4.98. The van der Waals surface area contributed by atoms with Crippen LogP contribution in [0.15, 0.2) is 12.7 Å². The maximum Gasteiger partial charge on any atom is 0.0463 e. The molecule has 0 amide bonds. The molecule has 0 rings (SSSR count). The third kappa shape index (κ3) is 16.4. The second-order valence-corrected chi connectivity index (χ2v) is 4.28. The van der Waals surface area contributed by atoms with E-state index in [-0.39, 0.29) is 0 Å². The Bertz CT molecular complexity index is 115. The van der Waals surface area contributed by atoms with E-state index in [0.717, 1.165) is 31.5 Å². The largest absolute Gasteiger partial charge is 0.382 e. The summed E-state index contributed by atoms with van der Waals surface area (Å²) >= 11 is 0. The molecule has 0 fully saturated rings. The van der Waals surface area contributed by atoms with Gasteiger partial charge in [0.25, 0.3) is 0 Å². The average molecular weight is 214 g/mol. The van der Waals surface area contributed by atoms with Gasteiger partial charge in [-0.2, -0.15) is 0 Å². The van der Waals surface area contributed by atoms with Crippen molar-refractivity contribution in [3.8, 4) is 0 Å². The molecule has 0 bridgehead atoms. The lowest BCUT2D eigenvalue weighted by molar-refractivity contribution is 0.148. The van der Waals surface area contributed by atoms with Crippen LogP contribution in [0.5, 0.6) is 0 Å². The summed E-state index contributed by atoms with van der Waals surface area (Å²) in [7, 11) is 0. The van der Waals surface area contributed by atoms with Crippen LogP contribution in [0, 0.1) is 11.8 Å². The molecule has 1 unspecified atom stereocenters. The van der Waals surface area contributed by atoms with E-state index in [4.69, 9.17) is 4.74 Å². The van der Waals surface area contributed by atoms with Crippen LogP contribution in [0.4, 0.5) is 0 Å². The van der Waals surface area contributed by atoms with Crippen LogP contribution in [0.2, 0.25) is 0 Å². The average Bonchev–Trinajstić information content (AvgIpc) is 2.23. The molecule has 0 aliphatic heterocycles. The summed E-state index contributed by atoms with van der Waals surface area (Å²) in [5.41, 5.74) is 0. The number of hydrogen-bond acceptors (Lipinski definition) is 1. The first-order chi connectivity index (χ1) is 7.09. The first kappa shape index (κ1) is 17.1. The predicted octanol–water partition coefficient (Wildman–Crippen LogP) is 4.68. The monoisotopic (exact) mass is 214 g/mol. The Labute approximate surface area is 96.9 Å². The van der Waals surface area contributed by atoms with Crippen molar-refractivity contribution in [2.24, 2.45) is 11.8 Å². The van der Waals surface area contributed by atoms with E-state index in [9.17, 15) is 0 Å². The van der Waals surface area contributed by atoms with Gasteiger partial charge in [0.15, 0.2) is 0 Å². The zero-order valence-electron chi connectivity index (χ0n) is 11.4. The number of ether oxygens (including phenoxy) is 1. The van der Waals surface area contributed by atoms with Gasteiger partial charge in [0.05, 0.1) is 0 Å². The van der Waals surface area contributed by atoms with Gasteiger partial charge < -0.3 is 4.74 Å². The van der Waals surface area contributed by atoms with E-state index in [1.54, 1.807) is 0 Å². The molecule has 0 heterocycles. The molecule has 1 heteroatoms. The lowest BCUT2D eigenvalue weighted by Gasteiger charge is -2.13. The predicted molar refractivity (Wildman–Crippen MR) is 70.2 cm³/mol. The minimum atomic E-state index is 0.824. The van der Waals surface area contributed by atoms with E-state index >= 15 is 0 Å². The fraction of sp³-hybridized carbons (Fsp3) is 0.857. The summed E-state index contributed by atoms with van der Waals surface area (Å²) in [6, 6.07) is 0. The molecule has 0 spiro atoms. The smallest absolute Gasteiger partial charge is 0.0463 e. The number of hydrogen-bond donors (Lipinski definition) is 0. The van der Waals surface area contributed by atoms with Crippen molar-refractivity contribution in [2.45, 2.75) is 53.9 Å². The summed E-state index contributed by atoms with van der Waals surface area (Å²) in [4.78, 5) is 0. The van der Waals surface area contributed by atoms with Crippen molar-refractivity contribution in [2.75, 3.05) is 13.2 Å². The highest BCUT2D eigenvalue weighted by molar-refractivity contribution is 4.69. The third-order valence-corrected chi connectivity index (χ3v) is 2.52. The molecule has 92 valence electrons. The van der Waals surface area contributed by atoms with E-state index in [2.05, 4.69) is 34.3 Å². The molecule has 0 saturated carbocycles. The van der Waals surface area contributed by atoms with Gasteiger partial charge in [-0.1, -0.05) is 33.8 Å². The molecule has 0 radical (unpaired) electrons. The van der Waals surface area contributed by atoms with Gasteiger partial charge in [-0.3, -0.25) is 0 Å². The van der Waals surface area contributed by atoms with Crippen molar-refractivity contribution < 1.29 is 4.74 Å². The van der Waals surface area contributed by atoms with E-state index < -0.39 is 0 Å². The van der Waals surface area contributed by atoms with Gasteiger partial charge in [-0.05, 0) is 38.0 Å². The first-order valence-corrected chi connectivity index (χ1v) is 6.28. The Morgan fingerprint density at radius 3 is 2.07 bits per heavy atom. The minimum absolute atomic E-state index is 0.824. The third-order valence-electron chi connectivity index (χ3n) is 2.52. The molecule has 0 aliphatic rings. The van der Waals surface area contributed by atoms with Gasteiger partial charge in [0, 0.05) is 13.2 Å². The molecule has 0 N–H and O–H groups in total. The van der Waals surface area contributed by atoms with E-state index in [0.29, 0.717) is 0 Å².